The average molecular weight is 192 g/mol. The molecule has 1 fully saturated rings. The summed E-state index contributed by atoms with van der Waals surface area (Å²) in [6.45, 7) is 1.44. The highest BCUT2D eigenvalue weighted by Gasteiger charge is 2.44. The Labute approximate surface area is 74.4 Å². The van der Waals surface area contributed by atoms with Gasteiger partial charge in [-0.2, -0.15) is 0 Å². The molecule has 0 aromatic rings. The number of hydrogen-bond donors (Lipinski definition) is 4. The summed E-state index contributed by atoms with van der Waals surface area (Å²) >= 11 is 0. The molecule has 1 rings (SSSR count). The number of ether oxygens (including phenoxy) is 1. The zero-order chi connectivity index (χ0) is 10.2. The topological polar surface area (TPSA) is 107 Å². The fourth-order valence-electron chi connectivity index (χ4n) is 1.25. The first-order valence-corrected chi connectivity index (χ1v) is 3.87. The first kappa shape index (κ1) is 10.4. The summed E-state index contributed by atoms with van der Waals surface area (Å²) < 4.78 is 4.50. The molecule has 1 heterocycles. The first-order chi connectivity index (χ1) is 5.95. The number of hydrogen-bond acceptors (Lipinski definition) is 5. The Hall–Kier alpha value is -0.690. The van der Waals surface area contributed by atoms with Gasteiger partial charge in [-0.1, -0.05) is 6.92 Å². The molecule has 0 bridgehead atoms. The van der Waals surface area contributed by atoms with Gasteiger partial charge in [0.1, 0.15) is 6.10 Å². The van der Waals surface area contributed by atoms with Crippen molar-refractivity contribution >= 4 is 5.97 Å². The quantitative estimate of drug-likeness (QED) is 0.388. The zero-order valence-electron chi connectivity index (χ0n) is 6.99. The molecule has 0 radical (unpaired) electrons. The minimum absolute atomic E-state index is 0.732. The summed E-state index contributed by atoms with van der Waals surface area (Å²) in [6, 6.07) is 0. The van der Waals surface area contributed by atoms with Crippen LogP contribution in [0.1, 0.15) is 6.92 Å². The lowest BCUT2D eigenvalue weighted by atomic mass is 9.91. The van der Waals surface area contributed by atoms with Crippen molar-refractivity contribution in [1.82, 2.24) is 0 Å². The summed E-state index contributed by atoms with van der Waals surface area (Å²) in [6.07, 6.45) is -5.60. The number of aliphatic carboxylic acids is 1. The fraction of sp³-hybridized carbons (Fsp3) is 0.857. The van der Waals surface area contributed by atoms with Crippen LogP contribution < -0.4 is 0 Å². The molecule has 6 nitrogen and oxygen atoms in total. The van der Waals surface area contributed by atoms with E-state index in [4.69, 9.17) is 10.2 Å². The Bertz CT molecular complexity index is 205. The van der Waals surface area contributed by atoms with Crippen LogP contribution in [0.25, 0.3) is 0 Å². The molecule has 0 spiro atoms. The van der Waals surface area contributed by atoms with Crippen molar-refractivity contribution in [2.45, 2.75) is 31.5 Å². The van der Waals surface area contributed by atoms with Gasteiger partial charge in [-0.25, -0.2) is 4.79 Å². The number of carboxylic acids is 1. The van der Waals surface area contributed by atoms with Gasteiger partial charge >= 0.3 is 5.97 Å². The van der Waals surface area contributed by atoms with Crippen molar-refractivity contribution in [3.05, 3.63) is 0 Å². The number of aliphatic hydroxyl groups excluding tert-OH is 3. The predicted molar refractivity (Wildman–Crippen MR) is 39.7 cm³/mol. The van der Waals surface area contributed by atoms with Crippen LogP contribution in [0.5, 0.6) is 0 Å². The molecule has 1 aliphatic rings. The number of carbonyl (C=O) groups is 1. The van der Waals surface area contributed by atoms with E-state index in [9.17, 15) is 15.0 Å². The van der Waals surface area contributed by atoms with Crippen LogP contribution in [0.4, 0.5) is 0 Å². The Morgan fingerprint density at radius 1 is 1.23 bits per heavy atom. The van der Waals surface area contributed by atoms with Crippen LogP contribution in [0.3, 0.4) is 0 Å². The van der Waals surface area contributed by atoms with E-state index < -0.39 is 36.5 Å². The number of aliphatic hydroxyl groups is 3. The molecule has 1 aliphatic heterocycles. The van der Waals surface area contributed by atoms with Crippen molar-refractivity contribution in [2.75, 3.05) is 0 Å². The Balaban J connectivity index is 2.76. The summed E-state index contributed by atoms with van der Waals surface area (Å²) in [7, 11) is 0. The molecular weight excluding hydrogens is 180 g/mol. The summed E-state index contributed by atoms with van der Waals surface area (Å²) in [5.41, 5.74) is 0. The monoisotopic (exact) mass is 192 g/mol. The van der Waals surface area contributed by atoms with Crippen LogP contribution in [0, 0.1) is 5.92 Å². The summed E-state index contributed by atoms with van der Waals surface area (Å²) in [5.74, 6) is -2.09. The maximum atomic E-state index is 10.5. The van der Waals surface area contributed by atoms with Crippen molar-refractivity contribution in [1.29, 1.82) is 0 Å². The smallest absolute Gasteiger partial charge is 0.335 e. The maximum Gasteiger partial charge on any atom is 0.335 e. The number of rotatable bonds is 1. The van der Waals surface area contributed by atoms with Crippen molar-refractivity contribution in [3.8, 4) is 0 Å². The van der Waals surface area contributed by atoms with Gasteiger partial charge in [-0.3, -0.25) is 0 Å². The number of carboxylic acid groups (broad SMARTS) is 1. The second kappa shape index (κ2) is 3.59. The van der Waals surface area contributed by atoms with E-state index in [0.717, 1.165) is 0 Å². The van der Waals surface area contributed by atoms with Crippen molar-refractivity contribution in [3.63, 3.8) is 0 Å². The summed E-state index contributed by atoms with van der Waals surface area (Å²) in [4.78, 5) is 10.5. The standard InChI is InChI=1S/C7H12O6/c1-2-3(8)5(6(10)11)13-7(12)4(2)9/h2-5,7-9,12H,1H3,(H,10,11)/t2-,3+,4+,5+,7-/m0/s1. The van der Waals surface area contributed by atoms with Gasteiger partial charge in [0.05, 0.1) is 6.10 Å². The molecule has 6 heteroatoms. The van der Waals surface area contributed by atoms with Crippen LogP contribution in [-0.2, 0) is 9.53 Å². The third-order valence-electron chi connectivity index (χ3n) is 2.21. The van der Waals surface area contributed by atoms with E-state index in [1.807, 2.05) is 0 Å². The molecule has 0 amide bonds. The molecule has 13 heavy (non-hydrogen) atoms. The molecule has 0 unspecified atom stereocenters. The van der Waals surface area contributed by atoms with E-state index in [2.05, 4.69) is 4.74 Å². The van der Waals surface area contributed by atoms with Crippen LogP contribution >= 0.6 is 0 Å². The lowest BCUT2D eigenvalue weighted by molar-refractivity contribution is -0.264. The molecule has 0 aromatic carbocycles. The van der Waals surface area contributed by atoms with E-state index in [0.29, 0.717) is 0 Å². The average Bonchev–Trinajstić information content (AvgIpc) is 2.07. The molecule has 0 saturated carbocycles. The van der Waals surface area contributed by atoms with Gasteiger partial charge in [-0.05, 0) is 0 Å². The normalized spacial score (nSPS) is 46.0. The van der Waals surface area contributed by atoms with Crippen LogP contribution in [0.2, 0.25) is 0 Å². The third-order valence-corrected chi connectivity index (χ3v) is 2.21. The van der Waals surface area contributed by atoms with Gasteiger partial charge in [0.2, 0.25) is 0 Å². The molecule has 1 saturated heterocycles. The summed E-state index contributed by atoms with van der Waals surface area (Å²) in [5, 5.41) is 36.1. The molecule has 76 valence electrons. The van der Waals surface area contributed by atoms with Gasteiger partial charge in [0.15, 0.2) is 12.4 Å². The van der Waals surface area contributed by atoms with E-state index >= 15 is 0 Å². The minimum atomic E-state index is -1.56. The molecule has 0 aromatic heterocycles. The van der Waals surface area contributed by atoms with E-state index in [1.54, 1.807) is 0 Å². The highest BCUT2D eigenvalue weighted by Crippen LogP contribution is 2.24. The second-order valence-electron chi connectivity index (χ2n) is 3.13. The van der Waals surface area contributed by atoms with Crippen molar-refractivity contribution in [2.24, 2.45) is 5.92 Å². The van der Waals surface area contributed by atoms with Crippen LogP contribution in [-0.4, -0.2) is 51.0 Å². The molecule has 5 atom stereocenters. The largest absolute Gasteiger partial charge is 0.479 e. The van der Waals surface area contributed by atoms with E-state index in [1.165, 1.54) is 6.92 Å². The molecular formula is C7H12O6. The van der Waals surface area contributed by atoms with E-state index in [-0.39, 0.29) is 0 Å². The van der Waals surface area contributed by atoms with Crippen molar-refractivity contribution < 1.29 is 30.0 Å². The highest BCUT2D eigenvalue weighted by atomic mass is 16.6. The maximum absolute atomic E-state index is 10.5. The third kappa shape index (κ3) is 1.80. The SMILES string of the molecule is C[C@@H]1[C@@H](O)[C@@H](O)O[C@@H](C(=O)O)[C@@H]1O. The minimum Gasteiger partial charge on any atom is -0.479 e. The lowest BCUT2D eigenvalue weighted by Crippen LogP contribution is -2.55. The van der Waals surface area contributed by atoms with Gasteiger partial charge in [0, 0.05) is 5.92 Å². The zero-order valence-corrected chi connectivity index (χ0v) is 6.99. The lowest BCUT2D eigenvalue weighted by Gasteiger charge is -2.37. The van der Waals surface area contributed by atoms with Gasteiger partial charge in [-0.15, -0.1) is 0 Å². The first-order valence-electron chi connectivity index (χ1n) is 3.87. The Morgan fingerprint density at radius 2 is 1.77 bits per heavy atom. The molecule has 0 aliphatic carbocycles. The molecule has 4 N–H and O–H groups in total. The highest BCUT2D eigenvalue weighted by molar-refractivity contribution is 5.73. The van der Waals surface area contributed by atoms with Gasteiger partial charge in [0.25, 0.3) is 0 Å². The van der Waals surface area contributed by atoms with Crippen LogP contribution in [0.15, 0.2) is 0 Å². The Morgan fingerprint density at radius 3 is 2.23 bits per heavy atom. The fourth-order valence-corrected chi connectivity index (χ4v) is 1.25. The predicted octanol–water partition coefficient (Wildman–Crippen LogP) is -1.85. The Kier molecular flexibility index (Phi) is 2.87. The second-order valence-corrected chi connectivity index (χ2v) is 3.13. The van der Waals surface area contributed by atoms with Gasteiger partial charge < -0.3 is 25.2 Å².